The van der Waals surface area contributed by atoms with E-state index in [0.29, 0.717) is 3.63 Å². The second kappa shape index (κ2) is 6.71. The molecule has 2 heteroatoms. The molecule has 3 aromatic carbocycles. The van der Waals surface area contributed by atoms with E-state index in [-0.39, 0.29) is 7.92 Å². The molecule has 0 nitrogen and oxygen atoms in total. The van der Waals surface area contributed by atoms with Gasteiger partial charge in [0.05, 0.1) is 0 Å². The van der Waals surface area contributed by atoms with Crippen LogP contribution < -0.4 is 3.27 Å². The fraction of sp³-hybridized carbons (Fsp3) is 0.167. The van der Waals surface area contributed by atoms with Crippen LogP contribution in [0.4, 0.5) is 0 Å². The van der Waals surface area contributed by atoms with Gasteiger partial charge >= 0.3 is 169 Å². The molecule has 5 rings (SSSR count). The number of rotatable bonds is 3. The fourth-order valence-electron chi connectivity index (χ4n) is 4.29. The number of benzene rings is 3. The van der Waals surface area contributed by atoms with Gasteiger partial charge < -0.3 is 0 Å². The number of fused-ring (bicyclic) bond motifs is 4. The van der Waals surface area contributed by atoms with Crippen molar-refractivity contribution >= 4 is 17.3 Å². The Morgan fingerprint density at radius 2 is 1.62 bits per heavy atom. The molecule has 0 N–H and O–H groups in total. The second-order valence-electron chi connectivity index (χ2n) is 7.34. The van der Waals surface area contributed by atoms with E-state index in [1.165, 1.54) is 22.3 Å². The zero-order valence-electron chi connectivity index (χ0n) is 15.2. The zero-order valence-corrected chi connectivity index (χ0v) is 18.5. The number of hydrogen-bond donors (Lipinski definition) is 0. The molecular weight excluding hydrogens is 410 g/mol. The van der Waals surface area contributed by atoms with Gasteiger partial charge in [-0.2, -0.15) is 0 Å². The van der Waals surface area contributed by atoms with E-state index in [4.69, 9.17) is 0 Å². The average Bonchev–Trinajstić information content (AvgIpc) is 3.21. The molecule has 126 valence electrons. The van der Waals surface area contributed by atoms with Crippen LogP contribution in [0.15, 0.2) is 72.0 Å². The van der Waals surface area contributed by atoms with Gasteiger partial charge in [0, 0.05) is 0 Å². The molecule has 0 radical (unpaired) electrons. The van der Waals surface area contributed by atoms with E-state index in [0.717, 1.165) is 6.42 Å². The summed E-state index contributed by atoms with van der Waals surface area (Å²) < 4.78 is 2.41. The summed E-state index contributed by atoms with van der Waals surface area (Å²) in [5.74, 6) is 0. The van der Waals surface area contributed by atoms with Gasteiger partial charge in [-0.25, -0.2) is 0 Å². The van der Waals surface area contributed by atoms with E-state index in [9.17, 15) is 0 Å². The average molecular weight is 432 g/mol. The fourth-order valence-corrected chi connectivity index (χ4v) is 11.4. The van der Waals surface area contributed by atoms with Crippen LogP contribution >= 0.6 is 7.92 Å². The standard InChI is InChI=1S/C13H9.C11H12P.Zr/c1-3-7-12-10(5-1)9-11-6-2-4-8-13(11)12;1-12(2)11-7-9-5-3-4-6-10(9)8-11;/h1-5,7-8H,9H2;3-8H,1-2H3;. The normalized spacial score (nSPS) is 16.9. The minimum atomic E-state index is -0.769. The van der Waals surface area contributed by atoms with Crippen molar-refractivity contribution in [1.82, 2.24) is 0 Å². The second-order valence-corrected chi connectivity index (χ2v) is 13.1. The molecule has 0 spiro atoms. The van der Waals surface area contributed by atoms with Crippen LogP contribution in [0.1, 0.15) is 25.9 Å². The Labute approximate surface area is 168 Å². The van der Waals surface area contributed by atoms with Crippen LogP contribution in [0.25, 0.3) is 17.2 Å². The van der Waals surface area contributed by atoms with Crippen molar-refractivity contribution in [1.29, 1.82) is 0 Å². The Morgan fingerprint density at radius 3 is 2.50 bits per heavy atom. The van der Waals surface area contributed by atoms with Gasteiger partial charge in [-0.1, -0.05) is 0 Å². The molecule has 2 aliphatic carbocycles. The molecule has 0 bridgehead atoms. The molecule has 0 fully saturated rings. The molecule has 3 aromatic rings. The van der Waals surface area contributed by atoms with Gasteiger partial charge in [0.2, 0.25) is 0 Å². The Morgan fingerprint density at radius 1 is 0.846 bits per heavy atom. The van der Waals surface area contributed by atoms with Crippen molar-refractivity contribution in [3.63, 3.8) is 0 Å². The van der Waals surface area contributed by atoms with Crippen LogP contribution in [0, 0.1) is 0 Å². The number of allylic oxidation sites excluding steroid dienone is 1. The summed E-state index contributed by atoms with van der Waals surface area (Å²) in [5.41, 5.74) is 9.15. The maximum absolute atomic E-state index is 2.50. The van der Waals surface area contributed by atoms with Crippen LogP contribution in [-0.2, 0) is 29.7 Å². The molecule has 0 heterocycles. The SMILES string of the molecule is CP(C)C1=Cc2ccccc2[CH]1[Zr][c]1cccc2c1Cc1ccccc1-2. The Balaban J connectivity index is 1.56. The van der Waals surface area contributed by atoms with Crippen LogP contribution in [0.5, 0.6) is 0 Å². The van der Waals surface area contributed by atoms with E-state index < -0.39 is 23.2 Å². The third-order valence-corrected chi connectivity index (χ3v) is 11.7. The molecular formula is C24H21PZr. The Hall–Kier alpha value is -1.29. The maximum atomic E-state index is 2.50. The van der Waals surface area contributed by atoms with E-state index in [2.05, 4.69) is 86.1 Å². The summed E-state index contributed by atoms with van der Waals surface area (Å²) >= 11 is -0.769. The summed E-state index contributed by atoms with van der Waals surface area (Å²) in [6, 6.07) is 25.1. The van der Waals surface area contributed by atoms with Gasteiger partial charge in [0.15, 0.2) is 0 Å². The van der Waals surface area contributed by atoms with E-state index in [1.54, 1.807) is 19.7 Å². The van der Waals surface area contributed by atoms with Gasteiger partial charge in [-0.05, 0) is 0 Å². The van der Waals surface area contributed by atoms with Gasteiger partial charge in [0.25, 0.3) is 0 Å². The quantitative estimate of drug-likeness (QED) is 0.360. The first-order chi connectivity index (χ1) is 12.7. The number of hydrogen-bond acceptors (Lipinski definition) is 0. The molecule has 2 aliphatic rings. The molecule has 0 amide bonds. The van der Waals surface area contributed by atoms with Crippen molar-refractivity contribution < 1.29 is 23.2 Å². The van der Waals surface area contributed by atoms with Crippen molar-refractivity contribution in [3.05, 3.63) is 94.3 Å². The summed E-state index contributed by atoms with van der Waals surface area (Å²) in [7, 11) is -0.0324. The summed E-state index contributed by atoms with van der Waals surface area (Å²) in [6.07, 6.45) is 3.63. The van der Waals surface area contributed by atoms with E-state index in [1.807, 2.05) is 0 Å². The molecule has 0 saturated carbocycles. The molecule has 1 atom stereocenters. The van der Waals surface area contributed by atoms with Crippen molar-refractivity contribution in [2.45, 2.75) is 10.0 Å². The Bertz CT molecular complexity index is 1030. The summed E-state index contributed by atoms with van der Waals surface area (Å²) in [6.45, 7) is 4.84. The predicted octanol–water partition coefficient (Wildman–Crippen LogP) is 5.80. The molecule has 0 saturated heterocycles. The predicted molar refractivity (Wildman–Crippen MR) is 110 cm³/mol. The van der Waals surface area contributed by atoms with Gasteiger partial charge in [0.1, 0.15) is 0 Å². The van der Waals surface area contributed by atoms with Gasteiger partial charge in [-0.3, -0.25) is 0 Å². The minimum absolute atomic E-state index is 0.0324. The molecule has 0 aliphatic heterocycles. The molecule has 0 aromatic heterocycles. The zero-order chi connectivity index (χ0) is 17.7. The Kier molecular flexibility index (Phi) is 4.35. The third-order valence-electron chi connectivity index (χ3n) is 5.57. The first-order valence-corrected chi connectivity index (χ1v) is 14.1. The van der Waals surface area contributed by atoms with Crippen LogP contribution in [0.3, 0.4) is 0 Å². The molecule has 1 unspecified atom stereocenters. The third kappa shape index (κ3) is 2.72. The summed E-state index contributed by atoms with van der Waals surface area (Å²) in [4.78, 5) is 0. The van der Waals surface area contributed by atoms with E-state index >= 15 is 0 Å². The van der Waals surface area contributed by atoms with Crippen molar-refractivity contribution in [2.75, 3.05) is 13.3 Å². The van der Waals surface area contributed by atoms with Gasteiger partial charge in [-0.15, -0.1) is 0 Å². The first kappa shape index (κ1) is 16.9. The van der Waals surface area contributed by atoms with Crippen LogP contribution in [-0.4, -0.2) is 13.3 Å². The molecule has 26 heavy (non-hydrogen) atoms. The monoisotopic (exact) mass is 430 g/mol. The topological polar surface area (TPSA) is 0 Å². The summed E-state index contributed by atoms with van der Waals surface area (Å²) in [5, 5.41) is 1.72. The van der Waals surface area contributed by atoms with Crippen LogP contribution in [0.2, 0.25) is 0 Å². The van der Waals surface area contributed by atoms with Crippen molar-refractivity contribution in [3.8, 4) is 11.1 Å². The first-order valence-electron chi connectivity index (χ1n) is 9.17. The van der Waals surface area contributed by atoms with Crippen molar-refractivity contribution in [2.24, 2.45) is 0 Å².